The molecular formula is C39H63N7O9. The summed E-state index contributed by atoms with van der Waals surface area (Å²) in [6.07, 6.45) is 0.360. The predicted molar refractivity (Wildman–Crippen MR) is 206 cm³/mol. The summed E-state index contributed by atoms with van der Waals surface area (Å²) in [4.78, 5) is 92.4. The van der Waals surface area contributed by atoms with Crippen molar-refractivity contribution in [2.24, 2.45) is 23.5 Å². The van der Waals surface area contributed by atoms with Crippen LogP contribution >= 0.6 is 0 Å². The van der Waals surface area contributed by atoms with Crippen molar-refractivity contribution in [2.45, 2.75) is 129 Å². The van der Waals surface area contributed by atoms with Gasteiger partial charge in [-0.15, -0.1) is 0 Å². The molecule has 16 nitrogen and oxygen atoms in total. The van der Waals surface area contributed by atoms with Crippen LogP contribution < -0.4 is 32.3 Å². The molecule has 0 spiro atoms. The van der Waals surface area contributed by atoms with Gasteiger partial charge in [0.25, 0.3) is 0 Å². The van der Waals surface area contributed by atoms with Gasteiger partial charge >= 0.3 is 5.97 Å². The maximum Gasteiger partial charge on any atom is 0.328 e. The Kier molecular flexibility index (Phi) is 19.2. The van der Waals surface area contributed by atoms with Crippen LogP contribution in [0, 0.1) is 17.8 Å². The molecular weight excluding hydrogens is 710 g/mol. The minimum absolute atomic E-state index is 0.0230. The Morgan fingerprint density at radius 3 is 2.05 bits per heavy atom. The Morgan fingerprint density at radius 2 is 1.51 bits per heavy atom. The first-order chi connectivity index (χ1) is 25.9. The predicted octanol–water partition coefficient (Wildman–Crippen LogP) is 0.295. The maximum absolute atomic E-state index is 13.8. The molecule has 8 atom stereocenters. The molecule has 5 unspecified atom stereocenters. The Labute approximate surface area is 324 Å². The summed E-state index contributed by atoms with van der Waals surface area (Å²) in [6, 6.07) is 3.28. The second-order valence-corrected chi connectivity index (χ2v) is 15.3. The highest BCUT2D eigenvalue weighted by Gasteiger charge is 2.38. The van der Waals surface area contributed by atoms with E-state index in [1.165, 1.54) is 14.0 Å². The Morgan fingerprint density at radius 1 is 0.873 bits per heavy atom. The van der Waals surface area contributed by atoms with Crippen LogP contribution in [0.3, 0.4) is 0 Å². The van der Waals surface area contributed by atoms with Gasteiger partial charge in [0, 0.05) is 13.5 Å². The number of carbonyl (C=O) groups excluding carboxylic acids is 7. The lowest BCUT2D eigenvalue weighted by molar-refractivity contribution is -0.147. The standard InChI is InChI=1S/C39H63N7O9/c1-9-24(6)34(38(53)44-33(23(4)5)39(54)55-8)45-37(52)30-16-13-17-46(30)21-31(48)27(19-26-14-11-10-12-15-26)42-36(51)29(20-32(40)49)43-35(50)28(18-22(2)3)41-25(7)47/h10-12,14-15,22-24,27-31,33-34,48H,9,13,16-21H2,1-8H3,(H2,40,49)(H,41,47)(H,42,51)(H,43,50)(H,44,53)(H,45,52)/t24?,27-,28?,29?,30-,31+,33?,34?/m0/s1. The first-order valence-corrected chi connectivity index (χ1v) is 19.2. The number of methoxy groups -OCH3 is 1. The summed E-state index contributed by atoms with van der Waals surface area (Å²) in [5.74, 6) is -4.71. The van der Waals surface area contributed by atoms with Crippen molar-refractivity contribution in [1.29, 1.82) is 0 Å². The third kappa shape index (κ3) is 15.2. The third-order valence-corrected chi connectivity index (χ3v) is 9.83. The number of nitrogens with zero attached hydrogens (tertiary/aromatic N) is 1. The summed E-state index contributed by atoms with van der Waals surface area (Å²) >= 11 is 0. The summed E-state index contributed by atoms with van der Waals surface area (Å²) in [6.45, 7) is 12.7. The molecule has 16 heteroatoms. The van der Waals surface area contributed by atoms with Gasteiger partial charge in [0.05, 0.1) is 31.7 Å². The molecule has 1 aliphatic heterocycles. The number of rotatable bonds is 22. The van der Waals surface area contributed by atoms with Gasteiger partial charge in [0.1, 0.15) is 24.2 Å². The fraction of sp³-hybridized carbons (Fsp3) is 0.667. The zero-order valence-electron chi connectivity index (χ0n) is 33.6. The largest absolute Gasteiger partial charge is 0.467 e. The van der Waals surface area contributed by atoms with Gasteiger partial charge < -0.3 is 42.2 Å². The van der Waals surface area contributed by atoms with E-state index in [4.69, 9.17) is 10.5 Å². The second kappa shape index (κ2) is 22.7. The molecule has 2 rings (SSSR count). The van der Waals surface area contributed by atoms with Crippen molar-refractivity contribution in [3.63, 3.8) is 0 Å². The second-order valence-electron chi connectivity index (χ2n) is 15.3. The van der Waals surface area contributed by atoms with Crippen LogP contribution in [-0.4, -0.2) is 114 Å². The number of hydrogen-bond acceptors (Lipinski definition) is 10. The fourth-order valence-electron chi connectivity index (χ4n) is 6.59. The van der Waals surface area contributed by atoms with E-state index < -0.39 is 90.2 Å². The van der Waals surface area contributed by atoms with E-state index in [0.717, 1.165) is 5.56 Å². The molecule has 1 saturated heterocycles. The minimum atomic E-state index is -1.40. The number of likely N-dealkylation sites (tertiary alicyclic amines) is 1. The van der Waals surface area contributed by atoms with Crippen LogP contribution in [0.1, 0.15) is 86.1 Å². The van der Waals surface area contributed by atoms with Gasteiger partial charge in [-0.3, -0.25) is 33.7 Å². The normalized spacial score (nSPS) is 18.2. The average molecular weight is 774 g/mol. The molecule has 8 N–H and O–H groups in total. The number of carbonyl (C=O) groups is 7. The van der Waals surface area contributed by atoms with E-state index in [2.05, 4.69) is 26.6 Å². The molecule has 1 heterocycles. The number of aliphatic hydroxyl groups excluding tert-OH is 1. The molecule has 0 aliphatic carbocycles. The van der Waals surface area contributed by atoms with Crippen LogP contribution in [0.25, 0.3) is 0 Å². The maximum atomic E-state index is 13.8. The number of primary amides is 1. The van der Waals surface area contributed by atoms with E-state index in [0.29, 0.717) is 25.8 Å². The number of nitrogens with one attached hydrogen (secondary N) is 5. The molecule has 1 aromatic rings. The fourth-order valence-corrected chi connectivity index (χ4v) is 6.59. The topological polar surface area (TPSA) is 238 Å². The van der Waals surface area contributed by atoms with Crippen molar-refractivity contribution in [2.75, 3.05) is 20.2 Å². The summed E-state index contributed by atoms with van der Waals surface area (Å²) < 4.78 is 4.87. The van der Waals surface area contributed by atoms with Crippen molar-refractivity contribution in [3.8, 4) is 0 Å². The van der Waals surface area contributed by atoms with Crippen LogP contribution in [0.2, 0.25) is 0 Å². The van der Waals surface area contributed by atoms with E-state index in [1.54, 1.807) is 18.7 Å². The quantitative estimate of drug-likeness (QED) is 0.0796. The summed E-state index contributed by atoms with van der Waals surface area (Å²) in [5, 5.41) is 25.3. The number of ether oxygens (including phenoxy) is 1. The average Bonchev–Trinajstić information content (AvgIpc) is 3.58. The van der Waals surface area contributed by atoms with Crippen molar-refractivity contribution >= 4 is 41.4 Å². The van der Waals surface area contributed by atoms with Gasteiger partial charge in [0.15, 0.2) is 0 Å². The number of amides is 6. The Bertz CT molecular complexity index is 1460. The lowest BCUT2D eigenvalue weighted by atomic mass is 9.96. The molecule has 0 saturated carbocycles. The minimum Gasteiger partial charge on any atom is -0.467 e. The van der Waals surface area contributed by atoms with Gasteiger partial charge in [-0.2, -0.15) is 0 Å². The highest BCUT2D eigenvalue weighted by Crippen LogP contribution is 2.21. The van der Waals surface area contributed by atoms with E-state index in [1.807, 2.05) is 58.0 Å². The van der Waals surface area contributed by atoms with Crippen LogP contribution in [0.15, 0.2) is 30.3 Å². The van der Waals surface area contributed by atoms with Gasteiger partial charge in [-0.1, -0.05) is 78.3 Å². The first-order valence-electron chi connectivity index (χ1n) is 19.2. The Hall–Kier alpha value is -4.57. The zero-order chi connectivity index (χ0) is 41.4. The molecule has 0 bridgehead atoms. The zero-order valence-corrected chi connectivity index (χ0v) is 33.6. The number of aliphatic hydroxyl groups is 1. The number of nitrogens with two attached hydrogens (primary N) is 1. The highest BCUT2D eigenvalue weighted by atomic mass is 16.5. The monoisotopic (exact) mass is 773 g/mol. The van der Waals surface area contributed by atoms with Gasteiger partial charge in [-0.05, 0) is 55.5 Å². The molecule has 6 amide bonds. The number of hydrogen-bond donors (Lipinski definition) is 7. The molecule has 0 aromatic heterocycles. The van der Waals surface area contributed by atoms with Crippen LogP contribution in [-0.2, 0) is 44.7 Å². The summed E-state index contributed by atoms with van der Waals surface area (Å²) in [5.41, 5.74) is 6.26. The van der Waals surface area contributed by atoms with Gasteiger partial charge in [-0.25, -0.2) is 4.79 Å². The Balaban J connectivity index is 2.30. The number of benzene rings is 1. The van der Waals surface area contributed by atoms with Gasteiger partial charge in [0.2, 0.25) is 35.4 Å². The van der Waals surface area contributed by atoms with Crippen molar-refractivity contribution in [3.05, 3.63) is 35.9 Å². The van der Waals surface area contributed by atoms with Crippen molar-refractivity contribution in [1.82, 2.24) is 31.5 Å². The summed E-state index contributed by atoms with van der Waals surface area (Å²) in [7, 11) is 1.24. The first kappa shape index (κ1) is 46.6. The van der Waals surface area contributed by atoms with Crippen molar-refractivity contribution < 1.29 is 43.4 Å². The lowest BCUT2D eigenvalue weighted by Gasteiger charge is -2.33. The number of β-amino-alcohol motifs (C(OH)–C–C–N with tert-alkyl or cyclic N) is 1. The molecule has 1 aliphatic rings. The third-order valence-electron chi connectivity index (χ3n) is 9.83. The smallest absolute Gasteiger partial charge is 0.328 e. The molecule has 308 valence electrons. The van der Waals surface area contributed by atoms with E-state index in [-0.39, 0.29) is 37.1 Å². The lowest BCUT2D eigenvalue weighted by Crippen LogP contribution is -2.59. The van der Waals surface area contributed by atoms with Crippen LogP contribution in [0.4, 0.5) is 0 Å². The SMILES string of the molecule is CCC(C)C(NC(=O)[C@@H]1CCCN1C[C@@H](O)[C@H](Cc1ccccc1)NC(=O)C(CC(N)=O)NC(=O)C(CC(C)C)NC(C)=O)C(=O)NC(C(=O)OC)C(C)C. The molecule has 1 aromatic carbocycles. The van der Waals surface area contributed by atoms with E-state index >= 15 is 0 Å². The molecule has 55 heavy (non-hydrogen) atoms. The van der Waals surface area contributed by atoms with E-state index in [9.17, 15) is 38.7 Å². The molecule has 0 radical (unpaired) electrons. The molecule has 1 fully saturated rings. The number of esters is 1. The highest BCUT2D eigenvalue weighted by molar-refractivity contribution is 5.94. The van der Waals surface area contributed by atoms with Crippen LogP contribution in [0.5, 0.6) is 0 Å².